The molecule has 0 unspecified atom stereocenters. The fourth-order valence-electron chi connectivity index (χ4n) is 4.69. The quantitative estimate of drug-likeness (QED) is 0.357. The maximum absolute atomic E-state index is 10.0. The van der Waals surface area contributed by atoms with Crippen molar-refractivity contribution in [3.63, 3.8) is 0 Å². The number of hydrogen-bond acceptors (Lipinski definition) is 9. The van der Waals surface area contributed by atoms with Crippen LogP contribution in [0.2, 0.25) is 5.02 Å². The highest BCUT2D eigenvalue weighted by Gasteiger charge is 2.28. The van der Waals surface area contributed by atoms with Gasteiger partial charge in [0.15, 0.2) is 5.82 Å². The zero-order valence-corrected chi connectivity index (χ0v) is 22.3. The Balaban J connectivity index is 1.60. The fourth-order valence-corrected chi connectivity index (χ4v) is 4.89. The van der Waals surface area contributed by atoms with E-state index < -0.39 is 6.10 Å². The largest absolute Gasteiger partial charge is 0.491 e. The second kappa shape index (κ2) is 10.1. The number of anilines is 1. The number of aryl methyl sites for hydroxylation is 3. The summed E-state index contributed by atoms with van der Waals surface area (Å²) < 4.78 is 13.2. The first-order valence-electron chi connectivity index (χ1n) is 12.1. The summed E-state index contributed by atoms with van der Waals surface area (Å²) in [6.07, 6.45) is 1.27. The predicted octanol–water partition coefficient (Wildman–Crippen LogP) is 3.59. The van der Waals surface area contributed by atoms with Crippen LogP contribution in [-0.2, 0) is 20.1 Å². The molecular formula is C26H30ClN7O3. The Bertz CT molecular complexity index is 1430. The van der Waals surface area contributed by atoms with E-state index in [0.717, 1.165) is 34.0 Å². The Morgan fingerprint density at radius 1 is 1.22 bits per heavy atom. The van der Waals surface area contributed by atoms with Crippen molar-refractivity contribution in [2.45, 2.75) is 40.0 Å². The molecule has 0 aliphatic carbocycles. The van der Waals surface area contributed by atoms with Gasteiger partial charge in [0.25, 0.3) is 0 Å². The number of ether oxygens (including phenoxy) is 1. The summed E-state index contributed by atoms with van der Waals surface area (Å²) in [4.78, 5) is 12.2. The molecule has 4 heterocycles. The molecule has 0 spiro atoms. The van der Waals surface area contributed by atoms with Crippen LogP contribution in [0.1, 0.15) is 28.3 Å². The van der Waals surface area contributed by atoms with Crippen LogP contribution >= 0.6 is 11.6 Å². The van der Waals surface area contributed by atoms with Gasteiger partial charge in [0.05, 0.1) is 40.4 Å². The zero-order chi connectivity index (χ0) is 26.3. The van der Waals surface area contributed by atoms with E-state index in [0.29, 0.717) is 47.6 Å². The lowest BCUT2D eigenvalue weighted by molar-refractivity contribution is 0.108. The van der Waals surface area contributed by atoms with E-state index in [1.807, 2.05) is 44.8 Å². The second-order valence-electron chi connectivity index (χ2n) is 9.30. The molecule has 2 N–H and O–H groups in total. The minimum atomic E-state index is -0.635. The fraction of sp³-hybridized carbons (Fsp3) is 0.385. The molecule has 3 aromatic heterocycles. The second-order valence-corrected chi connectivity index (χ2v) is 9.71. The number of halogens is 1. The average Bonchev–Trinajstić information content (AvgIpc) is 3.55. The lowest BCUT2D eigenvalue weighted by Crippen LogP contribution is -2.29. The maximum Gasteiger partial charge on any atom is 0.163 e. The molecule has 0 bridgehead atoms. The van der Waals surface area contributed by atoms with Crippen molar-refractivity contribution in [3.8, 4) is 28.4 Å². The van der Waals surface area contributed by atoms with Crippen molar-refractivity contribution in [1.29, 1.82) is 0 Å². The average molecular weight is 524 g/mol. The van der Waals surface area contributed by atoms with E-state index in [4.69, 9.17) is 30.8 Å². The normalized spacial score (nSPS) is 13.8. The molecule has 5 rings (SSSR count). The number of hydrogen-bond donors (Lipinski definition) is 2. The molecule has 0 saturated heterocycles. The molecule has 1 aromatic carbocycles. The molecule has 0 fully saturated rings. The predicted molar refractivity (Wildman–Crippen MR) is 141 cm³/mol. The Morgan fingerprint density at radius 3 is 2.73 bits per heavy atom. The van der Waals surface area contributed by atoms with Crippen molar-refractivity contribution in [2.24, 2.45) is 7.05 Å². The number of fused-ring (bicyclic) bond motifs is 1. The van der Waals surface area contributed by atoms with Gasteiger partial charge in [-0.15, -0.1) is 0 Å². The van der Waals surface area contributed by atoms with Gasteiger partial charge in [-0.1, -0.05) is 16.8 Å². The van der Waals surface area contributed by atoms with Crippen LogP contribution in [0.25, 0.3) is 22.6 Å². The first-order chi connectivity index (χ1) is 17.8. The molecule has 0 amide bonds. The summed E-state index contributed by atoms with van der Waals surface area (Å²) >= 11 is 6.66. The van der Waals surface area contributed by atoms with Crippen LogP contribution in [0.4, 0.5) is 5.82 Å². The number of nitrogens with one attached hydrogen (secondary N) is 1. The molecule has 194 valence electrons. The first-order valence-corrected chi connectivity index (χ1v) is 12.5. The SMILES string of the molecule is CNC[C@@H](O)COc1ccc(Cl)c(-c2nc(-c3c(C)noc3C)c(C)c(N3Cc4cnn(C)c4C3)n2)c1. The number of aromatic nitrogens is 5. The van der Waals surface area contributed by atoms with Crippen molar-refractivity contribution < 1.29 is 14.4 Å². The van der Waals surface area contributed by atoms with Gasteiger partial charge in [-0.05, 0) is 46.0 Å². The molecular weight excluding hydrogens is 494 g/mol. The van der Waals surface area contributed by atoms with E-state index in [9.17, 15) is 5.11 Å². The van der Waals surface area contributed by atoms with Crippen LogP contribution in [-0.4, -0.2) is 56.3 Å². The van der Waals surface area contributed by atoms with Crippen LogP contribution in [0.15, 0.2) is 28.9 Å². The van der Waals surface area contributed by atoms with Crippen molar-refractivity contribution in [2.75, 3.05) is 25.1 Å². The van der Waals surface area contributed by atoms with Gasteiger partial charge in [-0.25, -0.2) is 9.97 Å². The van der Waals surface area contributed by atoms with Crippen LogP contribution in [0.5, 0.6) is 5.75 Å². The van der Waals surface area contributed by atoms with Gasteiger partial charge in [-0.2, -0.15) is 5.10 Å². The van der Waals surface area contributed by atoms with E-state index in [1.165, 1.54) is 5.56 Å². The smallest absolute Gasteiger partial charge is 0.163 e. The number of rotatable bonds is 8. The highest BCUT2D eigenvalue weighted by Crippen LogP contribution is 2.39. The number of aliphatic hydroxyl groups is 1. The van der Waals surface area contributed by atoms with Crippen LogP contribution < -0.4 is 15.0 Å². The third-order valence-electron chi connectivity index (χ3n) is 6.60. The Kier molecular flexibility index (Phi) is 6.89. The molecule has 0 saturated carbocycles. The number of likely N-dealkylation sites (N-methyl/N-ethyl adjacent to an activating group) is 1. The minimum absolute atomic E-state index is 0.145. The Morgan fingerprint density at radius 2 is 2.03 bits per heavy atom. The maximum atomic E-state index is 10.0. The molecule has 37 heavy (non-hydrogen) atoms. The minimum Gasteiger partial charge on any atom is -0.491 e. The Labute approximate surface area is 220 Å². The van der Waals surface area contributed by atoms with Crippen LogP contribution in [0.3, 0.4) is 0 Å². The summed E-state index contributed by atoms with van der Waals surface area (Å²) in [5, 5.41) is 22.0. The summed E-state index contributed by atoms with van der Waals surface area (Å²) in [5.41, 5.74) is 6.25. The van der Waals surface area contributed by atoms with E-state index in [2.05, 4.69) is 20.5 Å². The standard InChI is InChI=1S/C26H30ClN7O3/c1-14-24(23-15(2)32-37-16(23)3)30-25(31-26(14)34-11-17-9-29-33(5)22(17)12-34)20-8-19(6-7-21(20)27)36-13-18(35)10-28-4/h6-9,18,28,35H,10-13H2,1-5H3/t18-/m1/s1. The first kappa shape index (κ1) is 25.2. The summed E-state index contributed by atoms with van der Waals surface area (Å²) in [7, 11) is 3.73. The van der Waals surface area contributed by atoms with E-state index in [1.54, 1.807) is 19.2 Å². The summed E-state index contributed by atoms with van der Waals surface area (Å²) in [5.74, 6) is 2.53. The molecule has 1 atom stereocenters. The van der Waals surface area contributed by atoms with Crippen molar-refractivity contribution in [1.82, 2.24) is 30.2 Å². The molecule has 10 nitrogen and oxygen atoms in total. The summed E-state index contributed by atoms with van der Waals surface area (Å²) in [6, 6.07) is 5.33. The van der Waals surface area contributed by atoms with Gasteiger partial charge in [0.1, 0.15) is 30.0 Å². The monoisotopic (exact) mass is 523 g/mol. The zero-order valence-electron chi connectivity index (χ0n) is 21.5. The van der Waals surface area contributed by atoms with E-state index >= 15 is 0 Å². The van der Waals surface area contributed by atoms with Gasteiger partial charge >= 0.3 is 0 Å². The third-order valence-corrected chi connectivity index (χ3v) is 6.93. The van der Waals surface area contributed by atoms with Crippen LogP contribution in [0, 0.1) is 20.8 Å². The lowest BCUT2D eigenvalue weighted by atomic mass is 10.0. The highest BCUT2D eigenvalue weighted by molar-refractivity contribution is 6.33. The Hall–Kier alpha value is -3.47. The number of aliphatic hydroxyl groups excluding tert-OH is 1. The molecule has 1 aliphatic heterocycles. The van der Waals surface area contributed by atoms with Gasteiger partial charge in [0, 0.05) is 36.8 Å². The van der Waals surface area contributed by atoms with Crippen molar-refractivity contribution >= 4 is 17.4 Å². The third kappa shape index (κ3) is 4.79. The summed E-state index contributed by atoms with van der Waals surface area (Å²) in [6.45, 7) is 7.76. The van der Waals surface area contributed by atoms with Gasteiger partial charge in [0.2, 0.25) is 0 Å². The highest BCUT2D eigenvalue weighted by atomic mass is 35.5. The lowest BCUT2D eigenvalue weighted by Gasteiger charge is -2.22. The molecule has 4 aromatic rings. The molecule has 11 heteroatoms. The van der Waals surface area contributed by atoms with Gasteiger partial charge < -0.3 is 24.6 Å². The van der Waals surface area contributed by atoms with E-state index in [-0.39, 0.29) is 6.61 Å². The number of nitrogens with zero attached hydrogens (tertiary/aromatic N) is 6. The molecule has 1 aliphatic rings. The van der Waals surface area contributed by atoms with Gasteiger partial charge in [-0.3, -0.25) is 4.68 Å². The number of benzene rings is 1. The topological polar surface area (TPSA) is 114 Å². The molecule has 0 radical (unpaired) electrons. The van der Waals surface area contributed by atoms with Crippen molar-refractivity contribution in [3.05, 3.63) is 57.7 Å².